The third-order valence-electron chi connectivity index (χ3n) is 2.60. The van der Waals surface area contributed by atoms with Crippen molar-refractivity contribution in [2.24, 2.45) is 0 Å². The monoisotopic (exact) mass is 316 g/mol. The number of halogens is 1. The van der Waals surface area contributed by atoms with Gasteiger partial charge < -0.3 is 5.32 Å². The third-order valence-corrected chi connectivity index (χ3v) is 3.67. The van der Waals surface area contributed by atoms with E-state index < -0.39 is 0 Å². The highest BCUT2D eigenvalue weighted by Crippen LogP contribution is 2.13. The number of aromatic nitrogens is 1. The van der Waals surface area contributed by atoms with E-state index in [9.17, 15) is 0 Å². The molecule has 1 N–H and O–H groups in total. The average molecular weight is 317 g/mol. The first kappa shape index (κ1) is 15.0. The molecule has 0 fully saturated rings. The smallest absolute Gasteiger partial charge is 0.0410 e. The molecular weight excluding hydrogens is 296 g/mol. The van der Waals surface area contributed by atoms with E-state index in [2.05, 4.69) is 45.5 Å². The number of pyridine rings is 1. The van der Waals surface area contributed by atoms with Gasteiger partial charge in [0.1, 0.15) is 0 Å². The van der Waals surface area contributed by atoms with E-state index in [0.29, 0.717) is 6.04 Å². The minimum absolute atomic E-state index is 0.568. The molecule has 1 rings (SSSR count). The topological polar surface area (TPSA) is 24.9 Å². The van der Waals surface area contributed by atoms with Crippen LogP contribution in [0.2, 0.25) is 0 Å². The maximum absolute atomic E-state index is 4.22. The van der Waals surface area contributed by atoms with Crippen LogP contribution in [-0.4, -0.2) is 29.6 Å². The van der Waals surface area contributed by atoms with Crippen LogP contribution in [0.15, 0.2) is 22.9 Å². The van der Waals surface area contributed by atoms with Gasteiger partial charge in [0.2, 0.25) is 0 Å². The Balaban J connectivity index is 2.51. The molecular formula is C13H21BrN2S. The molecule has 0 amide bonds. The van der Waals surface area contributed by atoms with Gasteiger partial charge >= 0.3 is 0 Å². The van der Waals surface area contributed by atoms with Gasteiger partial charge in [-0.1, -0.05) is 6.92 Å². The van der Waals surface area contributed by atoms with Gasteiger partial charge in [-0.3, -0.25) is 4.98 Å². The van der Waals surface area contributed by atoms with E-state index in [1.165, 1.54) is 24.2 Å². The van der Waals surface area contributed by atoms with Crippen LogP contribution < -0.4 is 5.32 Å². The van der Waals surface area contributed by atoms with E-state index in [-0.39, 0.29) is 0 Å². The van der Waals surface area contributed by atoms with Gasteiger partial charge in [-0.15, -0.1) is 0 Å². The lowest BCUT2D eigenvalue weighted by Crippen LogP contribution is -2.32. The Labute approximate surface area is 117 Å². The van der Waals surface area contributed by atoms with Crippen molar-refractivity contribution in [3.63, 3.8) is 0 Å². The van der Waals surface area contributed by atoms with Gasteiger partial charge in [0.25, 0.3) is 0 Å². The number of hydrogen-bond acceptors (Lipinski definition) is 3. The van der Waals surface area contributed by atoms with Crippen LogP contribution in [0.25, 0.3) is 0 Å². The molecule has 0 spiro atoms. The SMILES string of the molecule is CCCNC(CCSC)Cc1cncc(Br)c1. The summed E-state index contributed by atoms with van der Waals surface area (Å²) in [5, 5.41) is 3.62. The summed E-state index contributed by atoms with van der Waals surface area (Å²) in [5.41, 5.74) is 1.30. The molecule has 0 saturated carbocycles. The van der Waals surface area contributed by atoms with Crippen molar-refractivity contribution >= 4 is 27.7 Å². The van der Waals surface area contributed by atoms with E-state index in [4.69, 9.17) is 0 Å². The van der Waals surface area contributed by atoms with Gasteiger partial charge in [-0.2, -0.15) is 11.8 Å². The van der Waals surface area contributed by atoms with E-state index in [1.54, 1.807) is 0 Å². The molecule has 0 saturated heterocycles. The molecule has 1 aromatic rings. The van der Waals surface area contributed by atoms with Crippen molar-refractivity contribution in [1.29, 1.82) is 0 Å². The quantitative estimate of drug-likeness (QED) is 0.794. The van der Waals surface area contributed by atoms with Gasteiger partial charge in [0.15, 0.2) is 0 Å². The fraction of sp³-hybridized carbons (Fsp3) is 0.615. The molecule has 0 aromatic carbocycles. The zero-order chi connectivity index (χ0) is 12.5. The summed E-state index contributed by atoms with van der Waals surface area (Å²) in [4.78, 5) is 4.22. The second-order valence-corrected chi connectivity index (χ2v) is 6.05. The van der Waals surface area contributed by atoms with Crippen molar-refractivity contribution < 1.29 is 0 Å². The van der Waals surface area contributed by atoms with Gasteiger partial charge in [0.05, 0.1) is 0 Å². The molecule has 0 aliphatic carbocycles. The first-order valence-corrected chi connectivity index (χ1v) is 8.26. The van der Waals surface area contributed by atoms with Gasteiger partial charge in [0, 0.05) is 22.9 Å². The molecule has 17 heavy (non-hydrogen) atoms. The Bertz CT molecular complexity index is 312. The summed E-state index contributed by atoms with van der Waals surface area (Å²) in [6, 6.07) is 2.73. The zero-order valence-corrected chi connectivity index (χ0v) is 13.0. The highest BCUT2D eigenvalue weighted by Gasteiger charge is 2.08. The largest absolute Gasteiger partial charge is 0.314 e. The van der Waals surface area contributed by atoms with Crippen molar-refractivity contribution in [2.75, 3.05) is 18.6 Å². The Morgan fingerprint density at radius 3 is 2.94 bits per heavy atom. The summed E-state index contributed by atoms with van der Waals surface area (Å²) in [5.74, 6) is 1.21. The van der Waals surface area contributed by atoms with Crippen LogP contribution in [0.3, 0.4) is 0 Å². The lowest BCUT2D eigenvalue weighted by Gasteiger charge is -2.18. The molecule has 1 aromatic heterocycles. The Morgan fingerprint density at radius 1 is 1.47 bits per heavy atom. The highest BCUT2D eigenvalue weighted by atomic mass is 79.9. The van der Waals surface area contributed by atoms with E-state index in [0.717, 1.165) is 17.4 Å². The molecule has 0 aliphatic rings. The average Bonchev–Trinajstić information content (AvgIpc) is 2.32. The van der Waals surface area contributed by atoms with Crippen LogP contribution in [0.5, 0.6) is 0 Å². The predicted molar refractivity (Wildman–Crippen MR) is 80.7 cm³/mol. The predicted octanol–water partition coefficient (Wildman–Crippen LogP) is 3.51. The minimum atomic E-state index is 0.568. The third kappa shape index (κ3) is 6.43. The van der Waals surface area contributed by atoms with Crippen LogP contribution in [0.1, 0.15) is 25.3 Å². The van der Waals surface area contributed by atoms with Crippen LogP contribution in [0.4, 0.5) is 0 Å². The zero-order valence-electron chi connectivity index (χ0n) is 10.6. The first-order valence-electron chi connectivity index (χ1n) is 6.08. The summed E-state index contributed by atoms with van der Waals surface area (Å²) >= 11 is 5.38. The van der Waals surface area contributed by atoms with Crippen molar-refractivity contribution in [2.45, 2.75) is 32.2 Å². The Morgan fingerprint density at radius 2 is 2.29 bits per heavy atom. The second kappa shape index (κ2) is 8.95. The van der Waals surface area contributed by atoms with Crippen LogP contribution in [-0.2, 0) is 6.42 Å². The maximum atomic E-state index is 4.22. The standard InChI is InChI=1S/C13H21BrN2S/c1-3-5-16-13(4-6-17-2)8-11-7-12(14)10-15-9-11/h7,9-10,13,16H,3-6,8H2,1-2H3. The molecule has 0 bridgehead atoms. The summed E-state index contributed by atoms with van der Waals surface area (Å²) < 4.78 is 1.06. The number of rotatable bonds is 8. The van der Waals surface area contributed by atoms with E-state index in [1.807, 2.05) is 24.2 Å². The fourth-order valence-electron chi connectivity index (χ4n) is 1.74. The summed E-state index contributed by atoms with van der Waals surface area (Å²) in [6.07, 6.45) is 9.43. The van der Waals surface area contributed by atoms with Crippen molar-refractivity contribution in [1.82, 2.24) is 10.3 Å². The maximum Gasteiger partial charge on any atom is 0.0410 e. The summed E-state index contributed by atoms with van der Waals surface area (Å²) in [6.45, 7) is 3.31. The molecule has 0 aliphatic heterocycles. The van der Waals surface area contributed by atoms with E-state index >= 15 is 0 Å². The minimum Gasteiger partial charge on any atom is -0.314 e. The molecule has 0 radical (unpaired) electrons. The lowest BCUT2D eigenvalue weighted by atomic mass is 10.1. The Hall–Kier alpha value is -0.0600. The normalized spacial score (nSPS) is 12.6. The molecule has 1 unspecified atom stereocenters. The van der Waals surface area contributed by atoms with Crippen molar-refractivity contribution in [3.05, 3.63) is 28.5 Å². The number of nitrogens with one attached hydrogen (secondary N) is 1. The van der Waals surface area contributed by atoms with Gasteiger partial charge in [-0.05, 0) is 65.4 Å². The molecule has 2 nitrogen and oxygen atoms in total. The molecule has 96 valence electrons. The number of nitrogens with zero attached hydrogens (tertiary/aromatic N) is 1. The fourth-order valence-corrected chi connectivity index (χ4v) is 2.67. The number of thioether (sulfide) groups is 1. The van der Waals surface area contributed by atoms with Crippen LogP contribution >= 0.6 is 27.7 Å². The molecule has 1 heterocycles. The number of hydrogen-bond donors (Lipinski definition) is 1. The molecule has 4 heteroatoms. The van der Waals surface area contributed by atoms with Crippen molar-refractivity contribution in [3.8, 4) is 0 Å². The van der Waals surface area contributed by atoms with Crippen LogP contribution in [0, 0.1) is 0 Å². The highest BCUT2D eigenvalue weighted by molar-refractivity contribution is 9.10. The Kier molecular flexibility index (Phi) is 7.90. The molecule has 1 atom stereocenters. The first-order chi connectivity index (χ1) is 8.26. The summed E-state index contributed by atoms with van der Waals surface area (Å²) in [7, 11) is 0. The second-order valence-electron chi connectivity index (χ2n) is 4.15. The van der Waals surface area contributed by atoms with Gasteiger partial charge in [-0.25, -0.2) is 0 Å². The lowest BCUT2D eigenvalue weighted by molar-refractivity contribution is 0.497.